The molecule has 0 saturated heterocycles. The molecule has 1 N–H and O–H groups in total. The Labute approximate surface area is 187 Å². The summed E-state index contributed by atoms with van der Waals surface area (Å²) in [5, 5.41) is 4.41. The van der Waals surface area contributed by atoms with Crippen LogP contribution < -0.4 is 9.46 Å². The van der Waals surface area contributed by atoms with Crippen molar-refractivity contribution in [3.05, 3.63) is 89.5 Å². The van der Waals surface area contributed by atoms with Crippen LogP contribution in [0.3, 0.4) is 0 Å². The first kappa shape index (κ1) is 21.5. The van der Waals surface area contributed by atoms with E-state index in [1.807, 2.05) is 51.1 Å². The van der Waals surface area contributed by atoms with Crippen molar-refractivity contribution in [1.29, 1.82) is 0 Å². The molecule has 2 heterocycles. The predicted molar refractivity (Wildman–Crippen MR) is 123 cm³/mol. The van der Waals surface area contributed by atoms with Gasteiger partial charge in [0.2, 0.25) is 15.9 Å². The molecule has 0 bridgehead atoms. The van der Waals surface area contributed by atoms with Crippen molar-refractivity contribution in [2.45, 2.75) is 26.5 Å². The fourth-order valence-corrected chi connectivity index (χ4v) is 4.39. The fraction of sp³-hybridized carbons (Fsp3) is 0.174. The summed E-state index contributed by atoms with van der Waals surface area (Å²) in [5.74, 6) is 1.38. The second-order valence-electron chi connectivity index (χ2n) is 7.53. The molecule has 0 saturated carbocycles. The Bertz CT molecular complexity index is 1330. The van der Waals surface area contributed by atoms with Crippen LogP contribution in [-0.4, -0.2) is 28.2 Å². The maximum Gasteiger partial charge on any atom is 0.236 e. The summed E-state index contributed by atoms with van der Waals surface area (Å²) in [6.45, 7) is 5.82. The number of hydrogen-bond acceptors (Lipinski definition) is 6. The summed E-state index contributed by atoms with van der Waals surface area (Å²) in [6, 6.07) is 17.7. The highest BCUT2D eigenvalue weighted by Gasteiger charge is 2.12. The van der Waals surface area contributed by atoms with Gasteiger partial charge < -0.3 is 4.74 Å². The average molecular weight is 450 g/mol. The zero-order chi connectivity index (χ0) is 22.7. The van der Waals surface area contributed by atoms with E-state index in [1.165, 1.54) is 6.33 Å². The molecule has 4 aromatic rings. The maximum absolute atomic E-state index is 12.5. The van der Waals surface area contributed by atoms with Gasteiger partial charge in [-0.15, -0.1) is 0 Å². The van der Waals surface area contributed by atoms with Crippen LogP contribution in [0.2, 0.25) is 0 Å². The summed E-state index contributed by atoms with van der Waals surface area (Å²) >= 11 is 0. The van der Waals surface area contributed by atoms with Gasteiger partial charge >= 0.3 is 0 Å². The van der Waals surface area contributed by atoms with Crippen LogP contribution in [0, 0.1) is 20.8 Å². The highest BCUT2D eigenvalue weighted by atomic mass is 32.2. The SMILES string of the molecule is Cc1ccc(CS(=O)(=O)Nc2ccc(Oc3cc(-n4nc(C)cc4C)ncn3)cc2)cc1. The maximum atomic E-state index is 12.5. The quantitative estimate of drug-likeness (QED) is 0.451. The molecule has 2 aromatic heterocycles. The van der Waals surface area contributed by atoms with E-state index in [-0.39, 0.29) is 5.75 Å². The number of benzene rings is 2. The molecular formula is C23H23N5O3S. The van der Waals surface area contributed by atoms with E-state index in [4.69, 9.17) is 4.74 Å². The Balaban J connectivity index is 1.43. The molecule has 0 radical (unpaired) electrons. The number of anilines is 1. The lowest BCUT2D eigenvalue weighted by Crippen LogP contribution is -2.15. The molecule has 9 heteroatoms. The second kappa shape index (κ2) is 8.80. The van der Waals surface area contributed by atoms with E-state index in [0.717, 1.165) is 22.5 Å². The van der Waals surface area contributed by atoms with Crippen LogP contribution in [0.1, 0.15) is 22.5 Å². The largest absolute Gasteiger partial charge is 0.439 e. The van der Waals surface area contributed by atoms with Gasteiger partial charge in [0, 0.05) is 17.4 Å². The minimum absolute atomic E-state index is 0.0957. The van der Waals surface area contributed by atoms with Crippen molar-refractivity contribution in [2.24, 2.45) is 0 Å². The molecule has 0 unspecified atom stereocenters. The number of nitrogens with zero attached hydrogens (tertiary/aromatic N) is 4. The van der Waals surface area contributed by atoms with Crippen molar-refractivity contribution in [3.63, 3.8) is 0 Å². The number of sulfonamides is 1. The molecule has 32 heavy (non-hydrogen) atoms. The van der Waals surface area contributed by atoms with Crippen molar-refractivity contribution >= 4 is 15.7 Å². The van der Waals surface area contributed by atoms with Crippen LogP contribution in [0.4, 0.5) is 5.69 Å². The monoisotopic (exact) mass is 449 g/mol. The number of hydrogen-bond donors (Lipinski definition) is 1. The van der Waals surface area contributed by atoms with E-state index in [9.17, 15) is 8.42 Å². The molecule has 0 atom stereocenters. The molecule has 164 valence electrons. The van der Waals surface area contributed by atoms with E-state index in [2.05, 4.69) is 19.8 Å². The number of aromatic nitrogens is 4. The molecule has 4 rings (SSSR count). The molecule has 0 fully saturated rings. The number of nitrogens with one attached hydrogen (secondary N) is 1. The van der Waals surface area contributed by atoms with Gasteiger partial charge in [-0.25, -0.2) is 23.1 Å². The van der Waals surface area contributed by atoms with Crippen LogP contribution in [0.25, 0.3) is 5.82 Å². The number of ether oxygens (including phenoxy) is 1. The normalized spacial score (nSPS) is 11.3. The van der Waals surface area contributed by atoms with Gasteiger partial charge in [-0.2, -0.15) is 5.10 Å². The van der Waals surface area contributed by atoms with Crippen LogP contribution in [0.15, 0.2) is 67.0 Å². The third-order valence-corrected chi connectivity index (χ3v) is 5.94. The van der Waals surface area contributed by atoms with E-state index < -0.39 is 10.0 Å². The lowest BCUT2D eigenvalue weighted by Gasteiger charge is -2.10. The molecule has 8 nitrogen and oxygen atoms in total. The Kier molecular flexibility index (Phi) is 5.91. The zero-order valence-corrected chi connectivity index (χ0v) is 18.8. The molecule has 0 spiro atoms. The van der Waals surface area contributed by atoms with E-state index in [1.54, 1.807) is 35.0 Å². The van der Waals surface area contributed by atoms with Crippen molar-refractivity contribution < 1.29 is 13.2 Å². The van der Waals surface area contributed by atoms with Gasteiger partial charge in [-0.05, 0) is 56.7 Å². The topological polar surface area (TPSA) is 99.0 Å². The van der Waals surface area contributed by atoms with Gasteiger partial charge in [0.05, 0.1) is 11.4 Å². The predicted octanol–water partition coefficient (Wildman–Crippen LogP) is 4.32. The van der Waals surface area contributed by atoms with Gasteiger partial charge in [-0.3, -0.25) is 4.72 Å². The smallest absolute Gasteiger partial charge is 0.236 e. The van der Waals surface area contributed by atoms with Crippen molar-refractivity contribution in [2.75, 3.05) is 4.72 Å². The zero-order valence-electron chi connectivity index (χ0n) is 18.0. The summed E-state index contributed by atoms with van der Waals surface area (Å²) in [4.78, 5) is 8.40. The van der Waals surface area contributed by atoms with Crippen LogP contribution in [0.5, 0.6) is 11.6 Å². The van der Waals surface area contributed by atoms with E-state index in [0.29, 0.717) is 23.1 Å². The first-order valence-corrected chi connectivity index (χ1v) is 11.6. The highest BCUT2D eigenvalue weighted by molar-refractivity contribution is 7.91. The molecule has 2 aromatic carbocycles. The van der Waals surface area contributed by atoms with Gasteiger partial charge in [0.25, 0.3) is 0 Å². The molecule has 0 aliphatic carbocycles. The van der Waals surface area contributed by atoms with Crippen LogP contribution in [-0.2, 0) is 15.8 Å². The Morgan fingerprint density at radius 1 is 0.938 bits per heavy atom. The molecule has 0 aliphatic rings. The van der Waals surface area contributed by atoms with E-state index >= 15 is 0 Å². The standard InChI is InChI=1S/C23H23N5O3S/c1-16-4-6-19(7-5-16)14-32(29,30)27-20-8-10-21(11-9-20)31-23-13-22(24-15-25-23)28-18(3)12-17(2)26-28/h4-13,15,27H,14H2,1-3H3. The summed E-state index contributed by atoms with van der Waals surface area (Å²) in [5.41, 5.74) is 4.11. The third kappa shape index (κ3) is 5.30. The minimum atomic E-state index is -3.53. The Hall–Kier alpha value is -3.72. The first-order valence-electron chi connectivity index (χ1n) is 9.97. The molecular weight excluding hydrogens is 426 g/mol. The lowest BCUT2D eigenvalue weighted by atomic mass is 10.2. The lowest BCUT2D eigenvalue weighted by molar-refractivity contribution is 0.460. The van der Waals surface area contributed by atoms with Crippen LogP contribution >= 0.6 is 0 Å². The molecule has 0 amide bonds. The average Bonchev–Trinajstić information content (AvgIpc) is 3.09. The minimum Gasteiger partial charge on any atom is -0.439 e. The number of aryl methyl sites for hydroxylation is 3. The molecule has 0 aliphatic heterocycles. The van der Waals surface area contributed by atoms with Crippen molar-refractivity contribution in [1.82, 2.24) is 19.7 Å². The van der Waals surface area contributed by atoms with Gasteiger partial charge in [-0.1, -0.05) is 29.8 Å². The highest BCUT2D eigenvalue weighted by Crippen LogP contribution is 2.23. The van der Waals surface area contributed by atoms with Gasteiger partial charge in [0.15, 0.2) is 5.82 Å². The number of rotatable bonds is 7. The third-order valence-electron chi connectivity index (χ3n) is 4.68. The van der Waals surface area contributed by atoms with Crippen molar-refractivity contribution in [3.8, 4) is 17.4 Å². The Morgan fingerprint density at radius 3 is 2.31 bits per heavy atom. The first-order chi connectivity index (χ1) is 15.3. The second-order valence-corrected chi connectivity index (χ2v) is 9.25. The summed E-state index contributed by atoms with van der Waals surface area (Å²) < 4.78 is 35.0. The fourth-order valence-electron chi connectivity index (χ4n) is 3.19. The Morgan fingerprint density at radius 2 is 1.66 bits per heavy atom. The van der Waals surface area contributed by atoms with Gasteiger partial charge in [0.1, 0.15) is 12.1 Å². The summed E-state index contributed by atoms with van der Waals surface area (Å²) in [7, 11) is -3.53. The summed E-state index contributed by atoms with van der Waals surface area (Å²) in [6.07, 6.45) is 1.41.